The molecule has 288 valence electrons. The second-order valence-electron chi connectivity index (χ2n) is 21.5. The van der Waals surface area contributed by atoms with E-state index in [1.54, 1.807) is 21.7 Å². The van der Waals surface area contributed by atoms with E-state index in [1.165, 1.54) is 24.2 Å². The zero-order valence-corrected chi connectivity index (χ0v) is 37.7. The number of hydrogen-bond acceptors (Lipinski definition) is 4. The van der Waals surface area contributed by atoms with Crippen molar-refractivity contribution < 1.29 is 4.79 Å². The van der Waals surface area contributed by atoms with Crippen LogP contribution in [0.4, 0.5) is 0 Å². The summed E-state index contributed by atoms with van der Waals surface area (Å²) in [5.74, 6) is 0.105. The third kappa shape index (κ3) is 11.9. The predicted molar refractivity (Wildman–Crippen MR) is 221 cm³/mol. The first-order chi connectivity index (χ1) is 22.0. The fraction of sp³-hybridized carbons (Fsp3) is 0.778. The molecule has 0 fully saturated rings. The van der Waals surface area contributed by atoms with Crippen molar-refractivity contribution in [2.45, 2.75) is 171 Å². The van der Waals surface area contributed by atoms with Gasteiger partial charge < -0.3 is 14.7 Å². The normalized spacial score (nSPS) is 20.6. The van der Waals surface area contributed by atoms with Gasteiger partial charge in [0.2, 0.25) is 0 Å². The van der Waals surface area contributed by atoms with Crippen molar-refractivity contribution in [3.8, 4) is 0 Å². The maximum absolute atomic E-state index is 12.6. The van der Waals surface area contributed by atoms with Crippen molar-refractivity contribution in [2.24, 2.45) is 37.5 Å². The lowest BCUT2D eigenvalue weighted by molar-refractivity contribution is -0.126. The van der Waals surface area contributed by atoms with Crippen LogP contribution in [-0.4, -0.2) is 60.0 Å². The van der Waals surface area contributed by atoms with E-state index in [0.29, 0.717) is 18.0 Å². The number of carbonyl (C=O) groups is 1. The standard InChI is InChI=1S/C15H26N2O.C15H29N.C15H27N/c1-10-9-17(8)13(18)11(14(2,3)4)12(16-10)15(5,6)7;2*1-11-9-10-12(14(2,3)4)13(16(11)8)15(5,6)7/h9H2,1-8H3;11H,9-10H2,1-8H3;9H,10H2,1-8H3. The highest BCUT2D eigenvalue weighted by Gasteiger charge is 2.37. The van der Waals surface area contributed by atoms with E-state index in [0.717, 1.165) is 23.4 Å². The van der Waals surface area contributed by atoms with Gasteiger partial charge in [-0.25, -0.2) is 0 Å². The summed E-state index contributed by atoms with van der Waals surface area (Å²) in [6.45, 7) is 47.6. The monoisotopic (exact) mass is 695 g/mol. The van der Waals surface area contributed by atoms with Crippen LogP contribution in [0.15, 0.2) is 50.6 Å². The number of allylic oxidation sites excluding steroid dienone is 7. The maximum Gasteiger partial charge on any atom is 0.252 e. The van der Waals surface area contributed by atoms with Crippen LogP contribution in [0.1, 0.15) is 165 Å². The Labute approximate surface area is 311 Å². The Kier molecular flexibility index (Phi) is 14.4. The van der Waals surface area contributed by atoms with Crippen molar-refractivity contribution in [3.63, 3.8) is 0 Å². The van der Waals surface area contributed by atoms with Crippen LogP contribution >= 0.6 is 0 Å². The minimum absolute atomic E-state index is 0.105. The fourth-order valence-electron chi connectivity index (χ4n) is 7.50. The molecule has 0 N–H and O–H groups in total. The first-order valence-corrected chi connectivity index (χ1v) is 19.2. The van der Waals surface area contributed by atoms with E-state index in [2.05, 4.69) is 168 Å². The molecule has 3 aliphatic rings. The van der Waals surface area contributed by atoms with Crippen LogP contribution in [-0.2, 0) is 4.79 Å². The summed E-state index contributed by atoms with van der Waals surface area (Å²) < 4.78 is 0. The molecule has 50 heavy (non-hydrogen) atoms. The number of amides is 1. The lowest BCUT2D eigenvalue weighted by atomic mass is 9.73. The van der Waals surface area contributed by atoms with Gasteiger partial charge in [0.05, 0.1) is 12.2 Å². The topological polar surface area (TPSA) is 39.2 Å². The quantitative estimate of drug-likeness (QED) is 0.253. The molecular formula is C45H82N4O. The molecule has 1 atom stereocenters. The summed E-state index contributed by atoms with van der Waals surface area (Å²) in [7, 11) is 6.30. The number of hydrogen-bond donors (Lipinski definition) is 0. The molecular weight excluding hydrogens is 613 g/mol. The zero-order valence-electron chi connectivity index (χ0n) is 37.7. The van der Waals surface area contributed by atoms with Crippen LogP contribution in [0.3, 0.4) is 0 Å². The van der Waals surface area contributed by atoms with Gasteiger partial charge in [0.25, 0.3) is 5.91 Å². The summed E-state index contributed by atoms with van der Waals surface area (Å²) in [6.07, 6.45) is 6.01. The summed E-state index contributed by atoms with van der Waals surface area (Å²) in [5, 5.41) is 0. The molecule has 0 aromatic rings. The lowest BCUT2D eigenvalue weighted by Crippen LogP contribution is -2.40. The Balaban J connectivity index is 0.000000376. The van der Waals surface area contributed by atoms with Gasteiger partial charge in [0.1, 0.15) is 0 Å². The van der Waals surface area contributed by atoms with E-state index in [-0.39, 0.29) is 33.0 Å². The third-order valence-corrected chi connectivity index (χ3v) is 10.1. The van der Waals surface area contributed by atoms with Crippen molar-refractivity contribution in [1.82, 2.24) is 14.7 Å². The van der Waals surface area contributed by atoms with Gasteiger partial charge in [0.15, 0.2) is 0 Å². The van der Waals surface area contributed by atoms with Crippen molar-refractivity contribution in [3.05, 3.63) is 45.6 Å². The number of nitrogens with zero attached hydrogens (tertiary/aromatic N) is 4. The fourth-order valence-corrected chi connectivity index (χ4v) is 7.50. The predicted octanol–water partition coefficient (Wildman–Crippen LogP) is 12.3. The molecule has 0 bridgehead atoms. The van der Waals surface area contributed by atoms with Gasteiger partial charge in [-0.05, 0) is 67.4 Å². The molecule has 0 saturated carbocycles. The third-order valence-electron chi connectivity index (χ3n) is 10.1. The first-order valence-electron chi connectivity index (χ1n) is 19.2. The highest BCUT2D eigenvalue weighted by atomic mass is 16.2. The minimum Gasteiger partial charge on any atom is -0.375 e. The molecule has 3 aliphatic heterocycles. The molecule has 1 unspecified atom stereocenters. The molecule has 5 heteroatoms. The Morgan fingerprint density at radius 1 is 0.640 bits per heavy atom. The summed E-state index contributed by atoms with van der Waals surface area (Å²) in [5.41, 5.74) is 11.2. The number of carbonyl (C=O) groups excluding carboxylic acids is 1. The van der Waals surface area contributed by atoms with Gasteiger partial charge in [-0.2, -0.15) is 0 Å². The van der Waals surface area contributed by atoms with Crippen LogP contribution in [0.2, 0.25) is 0 Å². The van der Waals surface area contributed by atoms with Gasteiger partial charge in [-0.15, -0.1) is 0 Å². The second-order valence-corrected chi connectivity index (χ2v) is 21.5. The molecule has 1 amide bonds. The van der Waals surface area contributed by atoms with E-state index in [9.17, 15) is 4.79 Å². The Hall–Kier alpha value is -2.30. The van der Waals surface area contributed by atoms with E-state index >= 15 is 0 Å². The van der Waals surface area contributed by atoms with Crippen LogP contribution in [0.5, 0.6) is 0 Å². The number of likely N-dealkylation sites (N-methyl/N-ethyl adjacent to an activating group) is 1. The van der Waals surface area contributed by atoms with Crippen LogP contribution in [0, 0.1) is 32.5 Å². The van der Waals surface area contributed by atoms with E-state index in [1.807, 2.05) is 14.0 Å². The largest absolute Gasteiger partial charge is 0.375 e. The molecule has 5 nitrogen and oxygen atoms in total. The van der Waals surface area contributed by atoms with E-state index in [4.69, 9.17) is 4.99 Å². The summed E-state index contributed by atoms with van der Waals surface area (Å²) in [6, 6.07) is 0.681. The minimum atomic E-state index is -0.192. The zero-order chi connectivity index (χ0) is 39.7. The van der Waals surface area contributed by atoms with Crippen molar-refractivity contribution >= 4 is 11.6 Å². The molecule has 0 aromatic carbocycles. The molecule has 0 aromatic heterocycles. The first kappa shape index (κ1) is 45.7. The average molecular weight is 695 g/mol. The Morgan fingerprint density at radius 3 is 1.48 bits per heavy atom. The lowest BCUT2D eigenvalue weighted by Gasteiger charge is -2.45. The van der Waals surface area contributed by atoms with Crippen LogP contribution in [0.25, 0.3) is 0 Å². The molecule has 3 heterocycles. The molecule has 0 spiro atoms. The highest BCUT2D eigenvalue weighted by Crippen LogP contribution is 2.45. The molecule has 0 saturated heterocycles. The van der Waals surface area contributed by atoms with Gasteiger partial charge in [-0.1, -0.05) is 131 Å². The smallest absolute Gasteiger partial charge is 0.252 e. The van der Waals surface area contributed by atoms with Gasteiger partial charge >= 0.3 is 0 Å². The maximum atomic E-state index is 12.6. The summed E-state index contributed by atoms with van der Waals surface area (Å²) in [4.78, 5) is 24.0. The average Bonchev–Trinajstić information content (AvgIpc) is 2.99. The summed E-state index contributed by atoms with van der Waals surface area (Å²) >= 11 is 0. The van der Waals surface area contributed by atoms with Gasteiger partial charge in [-0.3, -0.25) is 9.79 Å². The van der Waals surface area contributed by atoms with Crippen molar-refractivity contribution in [2.75, 3.05) is 27.7 Å². The van der Waals surface area contributed by atoms with Crippen molar-refractivity contribution in [1.29, 1.82) is 0 Å². The molecule has 3 rings (SSSR count). The Morgan fingerprint density at radius 2 is 1.10 bits per heavy atom. The van der Waals surface area contributed by atoms with Crippen LogP contribution < -0.4 is 0 Å². The Bertz CT molecular complexity index is 1340. The molecule has 0 radical (unpaired) electrons. The highest BCUT2D eigenvalue weighted by molar-refractivity contribution is 6.00. The van der Waals surface area contributed by atoms with E-state index < -0.39 is 0 Å². The SMILES string of the molecule is CC1=CCC(C(C)(C)C)=C(C(C)(C)C)N1C.CC1=NC(C(C)(C)C)=C(C(C)(C)C)C(=O)N(C)C1.CC1CCC(C(C)(C)C)=C(C(C)(C)C)N1C. The molecule has 0 aliphatic carbocycles. The second kappa shape index (κ2) is 15.7. The van der Waals surface area contributed by atoms with Gasteiger partial charge in [0, 0.05) is 71.8 Å². The number of aliphatic imine (C=N–C) groups is 1. The number of rotatable bonds is 0.